The molecule has 1 aromatic carbocycles. The smallest absolute Gasteiger partial charge is 0.227 e. The van der Waals surface area contributed by atoms with Gasteiger partial charge in [0.2, 0.25) is 15.9 Å². The second-order valence-electron chi connectivity index (χ2n) is 4.65. The molecule has 2 rings (SSSR count). The zero-order chi connectivity index (χ0) is 14.9. The van der Waals surface area contributed by atoms with Gasteiger partial charge in [-0.25, -0.2) is 17.9 Å². The lowest BCUT2D eigenvalue weighted by Gasteiger charge is -2.18. The van der Waals surface area contributed by atoms with Crippen molar-refractivity contribution in [1.29, 1.82) is 5.26 Å². The van der Waals surface area contributed by atoms with Gasteiger partial charge < -0.3 is 4.90 Å². The van der Waals surface area contributed by atoms with Gasteiger partial charge in [-0.2, -0.15) is 5.26 Å². The fraction of sp³-hybridized carbons (Fsp3) is 0.333. The van der Waals surface area contributed by atoms with Crippen molar-refractivity contribution < 1.29 is 17.6 Å². The van der Waals surface area contributed by atoms with E-state index >= 15 is 0 Å². The van der Waals surface area contributed by atoms with Crippen molar-refractivity contribution in [2.75, 3.05) is 17.2 Å². The first-order chi connectivity index (χ1) is 9.31. The van der Waals surface area contributed by atoms with Crippen LogP contribution in [0.4, 0.5) is 10.1 Å². The van der Waals surface area contributed by atoms with Gasteiger partial charge in [0.1, 0.15) is 11.9 Å². The predicted octanol–water partition coefficient (Wildman–Crippen LogP) is 0.339. The van der Waals surface area contributed by atoms with E-state index in [2.05, 4.69) is 0 Å². The van der Waals surface area contributed by atoms with Crippen molar-refractivity contribution >= 4 is 21.6 Å². The van der Waals surface area contributed by atoms with E-state index in [1.165, 1.54) is 12.1 Å². The fourth-order valence-electron chi connectivity index (χ4n) is 2.32. The van der Waals surface area contributed by atoms with Gasteiger partial charge in [-0.1, -0.05) is 6.07 Å². The topological polar surface area (TPSA) is 104 Å². The Balaban J connectivity index is 2.32. The highest BCUT2D eigenvalue weighted by molar-refractivity contribution is 7.89. The highest BCUT2D eigenvalue weighted by Crippen LogP contribution is 2.30. The minimum Gasteiger partial charge on any atom is -0.308 e. The number of carbonyl (C=O) groups is 1. The Hall–Kier alpha value is -1.98. The predicted molar refractivity (Wildman–Crippen MR) is 69.5 cm³/mol. The molecule has 0 bridgehead atoms. The maximum atomic E-state index is 13.8. The minimum atomic E-state index is -3.70. The number of nitriles is 1. The normalized spacial score (nSPS) is 19.1. The summed E-state index contributed by atoms with van der Waals surface area (Å²) in [5.41, 5.74) is -0.0634. The summed E-state index contributed by atoms with van der Waals surface area (Å²) in [6.45, 7) is 0.0326. The van der Waals surface area contributed by atoms with Gasteiger partial charge >= 0.3 is 0 Å². The van der Waals surface area contributed by atoms with Crippen LogP contribution in [-0.2, 0) is 14.8 Å². The highest BCUT2D eigenvalue weighted by atomic mass is 32.2. The summed E-state index contributed by atoms with van der Waals surface area (Å²) >= 11 is 0. The van der Waals surface area contributed by atoms with Gasteiger partial charge in [-0.15, -0.1) is 0 Å². The van der Waals surface area contributed by atoms with Crippen LogP contribution in [0.3, 0.4) is 0 Å². The Labute approximate surface area is 115 Å². The monoisotopic (exact) mass is 297 g/mol. The minimum absolute atomic E-state index is 0.0321. The molecule has 1 atom stereocenters. The molecule has 0 saturated carbocycles. The van der Waals surface area contributed by atoms with E-state index in [4.69, 9.17) is 10.4 Å². The van der Waals surface area contributed by atoms with Crippen LogP contribution in [0.2, 0.25) is 0 Å². The summed E-state index contributed by atoms with van der Waals surface area (Å²) in [5.74, 6) is -1.94. The van der Waals surface area contributed by atoms with E-state index in [1.807, 2.05) is 6.07 Å². The van der Waals surface area contributed by atoms with Crippen LogP contribution in [0.5, 0.6) is 0 Å². The Bertz CT molecular complexity index is 696. The molecule has 0 aliphatic carbocycles. The molecule has 20 heavy (non-hydrogen) atoms. The van der Waals surface area contributed by atoms with Gasteiger partial charge in [0.25, 0.3) is 0 Å². The van der Waals surface area contributed by atoms with Crippen LogP contribution in [-0.4, -0.2) is 26.6 Å². The molecule has 1 unspecified atom stereocenters. The molecule has 1 aromatic rings. The summed E-state index contributed by atoms with van der Waals surface area (Å²) in [6, 6.07) is 5.75. The maximum Gasteiger partial charge on any atom is 0.227 e. The number of nitrogens with two attached hydrogens (primary N) is 1. The molecule has 0 aromatic heterocycles. The maximum absolute atomic E-state index is 13.8. The van der Waals surface area contributed by atoms with Crippen LogP contribution < -0.4 is 10.0 Å². The number of sulfonamides is 1. The van der Waals surface area contributed by atoms with Crippen molar-refractivity contribution in [2.45, 2.75) is 6.42 Å². The molecule has 1 aliphatic heterocycles. The second-order valence-corrected chi connectivity index (χ2v) is 6.31. The van der Waals surface area contributed by atoms with Crippen molar-refractivity contribution in [3.63, 3.8) is 0 Å². The van der Waals surface area contributed by atoms with Crippen molar-refractivity contribution in [1.82, 2.24) is 0 Å². The number of hydrogen-bond donors (Lipinski definition) is 1. The quantitative estimate of drug-likeness (QED) is 0.868. The highest BCUT2D eigenvalue weighted by Gasteiger charge is 2.35. The lowest BCUT2D eigenvalue weighted by Crippen LogP contribution is -2.28. The Morgan fingerprint density at radius 1 is 1.50 bits per heavy atom. The number of amides is 1. The zero-order valence-corrected chi connectivity index (χ0v) is 11.2. The molecular formula is C12H12FN3O3S. The Morgan fingerprint density at radius 2 is 2.20 bits per heavy atom. The number of para-hydroxylation sites is 1. The van der Waals surface area contributed by atoms with Gasteiger partial charge in [-0.05, 0) is 12.1 Å². The van der Waals surface area contributed by atoms with Crippen LogP contribution in [0.15, 0.2) is 18.2 Å². The number of halogens is 1. The summed E-state index contributed by atoms with van der Waals surface area (Å²) in [5, 5.41) is 13.9. The lowest BCUT2D eigenvalue weighted by molar-refractivity contribution is -0.117. The van der Waals surface area contributed by atoms with Gasteiger partial charge in [-0.3, -0.25) is 4.79 Å². The summed E-state index contributed by atoms with van der Waals surface area (Å²) in [6.07, 6.45) is -0.0321. The first-order valence-corrected chi connectivity index (χ1v) is 7.53. The van der Waals surface area contributed by atoms with E-state index in [9.17, 15) is 17.6 Å². The van der Waals surface area contributed by atoms with Gasteiger partial charge in [0, 0.05) is 18.9 Å². The van der Waals surface area contributed by atoms with Crippen LogP contribution in [0.25, 0.3) is 0 Å². The number of benzene rings is 1. The van der Waals surface area contributed by atoms with E-state index in [0.717, 1.165) is 11.0 Å². The summed E-state index contributed by atoms with van der Waals surface area (Å²) < 4.78 is 35.9. The van der Waals surface area contributed by atoms with Crippen molar-refractivity contribution in [3.8, 4) is 6.07 Å². The van der Waals surface area contributed by atoms with E-state index in [0.29, 0.717) is 0 Å². The molecular weight excluding hydrogens is 285 g/mol. The van der Waals surface area contributed by atoms with E-state index in [1.54, 1.807) is 0 Å². The SMILES string of the molecule is N#Cc1cccc(F)c1N1CC(CS(N)(=O)=O)CC1=O. The first kappa shape index (κ1) is 14.4. The second kappa shape index (κ2) is 5.19. The molecule has 6 nitrogen and oxygen atoms in total. The molecule has 1 heterocycles. The third-order valence-corrected chi connectivity index (χ3v) is 3.99. The van der Waals surface area contributed by atoms with Crippen molar-refractivity contribution in [3.05, 3.63) is 29.6 Å². The van der Waals surface area contributed by atoms with Crippen LogP contribution in [0, 0.1) is 23.1 Å². The van der Waals surface area contributed by atoms with Crippen molar-refractivity contribution in [2.24, 2.45) is 11.1 Å². The summed E-state index contributed by atoms with van der Waals surface area (Å²) in [7, 11) is -3.70. The largest absolute Gasteiger partial charge is 0.308 e. The zero-order valence-electron chi connectivity index (χ0n) is 10.4. The number of anilines is 1. The molecule has 8 heteroatoms. The molecule has 106 valence electrons. The molecule has 2 N–H and O–H groups in total. The molecule has 1 aliphatic rings. The van der Waals surface area contributed by atoms with Gasteiger partial charge in [0.15, 0.2) is 0 Å². The van der Waals surface area contributed by atoms with Gasteiger partial charge in [0.05, 0.1) is 17.0 Å². The molecule has 0 radical (unpaired) electrons. The average Bonchev–Trinajstić information content (AvgIpc) is 2.67. The number of carbonyl (C=O) groups excluding carboxylic acids is 1. The lowest BCUT2D eigenvalue weighted by atomic mass is 10.1. The third kappa shape index (κ3) is 2.95. The molecule has 1 amide bonds. The molecule has 1 saturated heterocycles. The van der Waals surface area contributed by atoms with E-state index in [-0.39, 0.29) is 30.0 Å². The molecule has 1 fully saturated rings. The Kier molecular flexibility index (Phi) is 3.74. The number of hydrogen-bond acceptors (Lipinski definition) is 4. The number of rotatable bonds is 3. The number of primary sulfonamides is 1. The van der Waals surface area contributed by atoms with E-state index < -0.39 is 27.7 Å². The average molecular weight is 297 g/mol. The standard InChI is InChI=1S/C12H12FN3O3S/c13-10-3-1-2-9(5-14)12(10)16-6-8(4-11(16)17)7-20(15,18)19/h1-3,8H,4,6-7H2,(H2,15,18,19). The third-order valence-electron chi connectivity index (χ3n) is 3.05. The van der Waals surface area contributed by atoms with Crippen LogP contribution >= 0.6 is 0 Å². The first-order valence-electron chi connectivity index (χ1n) is 5.81. The summed E-state index contributed by atoms with van der Waals surface area (Å²) in [4.78, 5) is 13.0. The van der Waals surface area contributed by atoms with Crippen LogP contribution in [0.1, 0.15) is 12.0 Å². The number of nitrogens with zero attached hydrogens (tertiary/aromatic N) is 2. The Morgan fingerprint density at radius 3 is 2.80 bits per heavy atom. The molecule has 0 spiro atoms. The fourth-order valence-corrected chi connectivity index (χ4v) is 3.20.